The molecule has 0 amide bonds. The first kappa shape index (κ1) is 15.5. The number of hydrogen-bond donors (Lipinski definition) is 2. The number of anilines is 1. The fraction of sp³-hybridized carbons (Fsp3) is 0.471. The average molecular weight is 344 g/mol. The van der Waals surface area contributed by atoms with Crippen LogP contribution in [0.4, 0.5) is 5.69 Å². The highest BCUT2D eigenvalue weighted by Crippen LogP contribution is 2.35. The van der Waals surface area contributed by atoms with Crippen LogP contribution in [0.3, 0.4) is 0 Å². The largest absolute Gasteiger partial charge is 0.395 e. The number of rotatable bonds is 4. The zero-order valence-corrected chi connectivity index (χ0v) is 14.2. The second-order valence-electron chi connectivity index (χ2n) is 6.22. The highest BCUT2D eigenvalue weighted by molar-refractivity contribution is 7.25. The Morgan fingerprint density at radius 3 is 2.92 bits per heavy atom. The third kappa shape index (κ3) is 2.57. The van der Waals surface area contributed by atoms with Gasteiger partial charge in [-0.2, -0.15) is 0 Å². The van der Waals surface area contributed by atoms with Crippen molar-refractivity contribution in [3.05, 3.63) is 28.9 Å². The maximum absolute atomic E-state index is 13.0. The molecule has 3 aromatic heterocycles. The maximum atomic E-state index is 13.0. The summed E-state index contributed by atoms with van der Waals surface area (Å²) in [7, 11) is 0. The van der Waals surface area contributed by atoms with E-state index in [4.69, 9.17) is 5.11 Å². The predicted octanol–water partition coefficient (Wildman–Crippen LogP) is 2.92. The molecule has 0 atom stereocenters. The molecule has 0 spiro atoms. The van der Waals surface area contributed by atoms with Crippen molar-refractivity contribution in [2.75, 3.05) is 18.5 Å². The van der Waals surface area contributed by atoms with E-state index in [2.05, 4.69) is 15.3 Å². The molecule has 126 valence electrons. The Balaban J connectivity index is 1.87. The summed E-state index contributed by atoms with van der Waals surface area (Å²) in [5.41, 5.74) is 1.62. The number of fused-ring (bicyclic) bond motifs is 3. The van der Waals surface area contributed by atoms with Crippen LogP contribution in [-0.4, -0.2) is 32.8 Å². The molecule has 24 heavy (non-hydrogen) atoms. The van der Waals surface area contributed by atoms with E-state index >= 15 is 0 Å². The van der Waals surface area contributed by atoms with Gasteiger partial charge in [-0.05, 0) is 18.9 Å². The molecule has 1 aliphatic rings. The lowest BCUT2D eigenvalue weighted by Crippen LogP contribution is -2.26. The fourth-order valence-electron chi connectivity index (χ4n) is 3.52. The number of aromatic nitrogens is 3. The van der Waals surface area contributed by atoms with Crippen molar-refractivity contribution < 1.29 is 5.11 Å². The molecule has 3 aromatic rings. The van der Waals surface area contributed by atoms with E-state index in [1.165, 1.54) is 30.6 Å². The molecule has 0 radical (unpaired) electrons. The number of pyridine rings is 1. The van der Waals surface area contributed by atoms with E-state index in [1.54, 1.807) is 12.5 Å². The number of nitrogens with one attached hydrogen (secondary N) is 1. The Bertz CT molecular complexity index is 927. The molecular formula is C17H20N4O2S. The Morgan fingerprint density at radius 2 is 2.12 bits per heavy atom. The van der Waals surface area contributed by atoms with Gasteiger partial charge in [-0.15, -0.1) is 11.3 Å². The summed E-state index contributed by atoms with van der Waals surface area (Å²) in [6, 6.07) is 2.13. The number of aliphatic hydroxyl groups excluding tert-OH is 1. The average Bonchev–Trinajstić information content (AvgIpc) is 3.01. The second-order valence-corrected chi connectivity index (χ2v) is 7.22. The van der Waals surface area contributed by atoms with Crippen molar-refractivity contribution in [1.29, 1.82) is 0 Å². The van der Waals surface area contributed by atoms with E-state index in [-0.39, 0.29) is 18.2 Å². The van der Waals surface area contributed by atoms with Crippen molar-refractivity contribution >= 4 is 37.5 Å². The molecule has 0 aromatic carbocycles. The van der Waals surface area contributed by atoms with Gasteiger partial charge in [0.2, 0.25) is 0 Å². The van der Waals surface area contributed by atoms with Crippen LogP contribution in [0.2, 0.25) is 0 Å². The summed E-state index contributed by atoms with van der Waals surface area (Å²) >= 11 is 1.40. The standard InChI is InChI=1S/C17H20N4O2S/c22-9-8-18-12-6-7-19-16-13(12)14-15(24-16)17(23)21(10-20-14)11-4-2-1-3-5-11/h6-7,10-11,22H,1-5,8-9H2,(H,18,19). The van der Waals surface area contributed by atoms with Gasteiger partial charge in [-0.3, -0.25) is 9.36 Å². The molecule has 6 nitrogen and oxygen atoms in total. The number of hydrogen-bond acceptors (Lipinski definition) is 6. The van der Waals surface area contributed by atoms with Gasteiger partial charge in [-0.25, -0.2) is 9.97 Å². The summed E-state index contributed by atoms with van der Waals surface area (Å²) in [6.45, 7) is 0.503. The molecule has 4 rings (SSSR count). The highest BCUT2D eigenvalue weighted by atomic mass is 32.1. The summed E-state index contributed by atoms with van der Waals surface area (Å²) in [5, 5.41) is 13.1. The first-order chi connectivity index (χ1) is 11.8. The van der Waals surface area contributed by atoms with Crippen molar-refractivity contribution in [1.82, 2.24) is 14.5 Å². The molecule has 1 fully saturated rings. The van der Waals surface area contributed by atoms with E-state index in [0.29, 0.717) is 16.8 Å². The third-order valence-corrected chi connectivity index (χ3v) is 5.78. The number of nitrogens with zero attached hydrogens (tertiary/aromatic N) is 3. The van der Waals surface area contributed by atoms with Crippen molar-refractivity contribution in [3.8, 4) is 0 Å². The Morgan fingerprint density at radius 1 is 1.29 bits per heavy atom. The van der Waals surface area contributed by atoms with Gasteiger partial charge in [-0.1, -0.05) is 19.3 Å². The van der Waals surface area contributed by atoms with Gasteiger partial charge >= 0.3 is 0 Å². The van der Waals surface area contributed by atoms with Crippen LogP contribution in [0, 0.1) is 0 Å². The summed E-state index contributed by atoms with van der Waals surface area (Å²) in [5.74, 6) is 0. The first-order valence-electron chi connectivity index (χ1n) is 8.42. The third-order valence-electron chi connectivity index (χ3n) is 4.70. The fourth-order valence-corrected chi connectivity index (χ4v) is 4.58. The molecule has 1 saturated carbocycles. The van der Waals surface area contributed by atoms with Crippen LogP contribution < -0.4 is 10.9 Å². The van der Waals surface area contributed by atoms with Gasteiger partial charge in [0, 0.05) is 24.5 Å². The Kier molecular flexibility index (Phi) is 4.20. The van der Waals surface area contributed by atoms with Gasteiger partial charge in [0.05, 0.1) is 23.8 Å². The number of aliphatic hydroxyl groups is 1. The van der Waals surface area contributed by atoms with Crippen LogP contribution in [0.1, 0.15) is 38.1 Å². The molecule has 0 bridgehead atoms. The lowest BCUT2D eigenvalue weighted by molar-refractivity contribution is 0.311. The summed E-state index contributed by atoms with van der Waals surface area (Å²) < 4.78 is 2.49. The van der Waals surface area contributed by atoms with Crippen LogP contribution in [0.25, 0.3) is 20.4 Å². The summed E-state index contributed by atoms with van der Waals surface area (Å²) in [6.07, 6.45) is 9.15. The van der Waals surface area contributed by atoms with Gasteiger partial charge < -0.3 is 10.4 Å². The second kappa shape index (κ2) is 6.49. The number of thiophene rings is 1. The quantitative estimate of drug-likeness (QED) is 0.761. The zero-order chi connectivity index (χ0) is 16.5. The molecular weight excluding hydrogens is 324 g/mol. The van der Waals surface area contributed by atoms with E-state index < -0.39 is 0 Å². The smallest absolute Gasteiger partial charge is 0.271 e. The lowest BCUT2D eigenvalue weighted by atomic mass is 9.95. The topological polar surface area (TPSA) is 80.0 Å². The van der Waals surface area contributed by atoms with Crippen molar-refractivity contribution in [3.63, 3.8) is 0 Å². The highest BCUT2D eigenvalue weighted by Gasteiger charge is 2.20. The Labute approximate surface area is 143 Å². The minimum Gasteiger partial charge on any atom is -0.395 e. The van der Waals surface area contributed by atoms with Crippen LogP contribution in [-0.2, 0) is 0 Å². The molecule has 3 heterocycles. The monoisotopic (exact) mass is 344 g/mol. The van der Waals surface area contributed by atoms with Crippen molar-refractivity contribution in [2.45, 2.75) is 38.1 Å². The van der Waals surface area contributed by atoms with Crippen LogP contribution in [0.5, 0.6) is 0 Å². The van der Waals surface area contributed by atoms with Crippen LogP contribution >= 0.6 is 11.3 Å². The predicted molar refractivity (Wildman–Crippen MR) is 96.9 cm³/mol. The van der Waals surface area contributed by atoms with E-state index in [9.17, 15) is 4.79 Å². The molecule has 7 heteroatoms. The Hall–Kier alpha value is -1.99. The molecule has 0 unspecified atom stereocenters. The van der Waals surface area contributed by atoms with E-state index in [1.807, 2.05) is 10.6 Å². The molecule has 2 N–H and O–H groups in total. The van der Waals surface area contributed by atoms with Gasteiger partial charge in [0.1, 0.15) is 9.53 Å². The minimum atomic E-state index is 0.0445. The minimum absolute atomic E-state index is 0.0445. The molecule has 0 saturated heterocycles. The maximum Gasteiger partial charge on any atom is 0.271 e. The zero-order valence-electron chi connectivity index (χ0n) is 13.4. The molecule has 0 aliphatic heterocycles. The van der Waals surface area contributed by atoms with Gasteiger partial charge in [0.15, 0.2) is 0 Å². The van der Waals surface area contributed by atoms with Crippen molar-refractivity contribution in [2.24, 2.45) is 0 Å². The SMILES string of the molecule is O=c1c2sc3nccc(NCCO)c3c2ncn1C1CCCCC1. The first-order valence-corrected chi connectivity index (χ1v) is 9.24. The molecule has 1 aliphatic carbocycles. The lowest BCUT2D eigenvalue weighted by Gasteiger charge is -2.23. The van der Waals surface area contributed by atoms with Crippen LogP contribution in [0.15, 0.2) is 23.4 Å². The van der Waals surface area contributed by atoms with E-state index in [0.717, 1.165) is 28.7 Å². The normalized spacial score (nSPS) is 16.0. The summed E-state index contributed by atoms with van der Waals surface area (Å²) in [4.78, 5) is 22.8. The van der Waals surface area contributed by atoms with Gasteiger partial charge in [0.25, 0.3) is 5.56 Å².